The molecule has 0 spiro atoms. The van der Waals surface area contributed by atoms with Crippen molar-refractivity contribution in [2.75, 3.05) is 25.9 Å². The number of carbonyl (C=O) groups is 2. The van der Waals surface area contributed by atoms with Crippen LogP contribution in [0.1, 0.15) is 36.7 Å². The highest BCUT2D eigenvalue weighted by molar-refractivity contribution is 8.00. The van der Waals surface area contributed by atoms with Gasteiger partial charge in [0.25, 0.3) is 5.91 Å². The number of carbonyl (C=O) groups excluding carboxylic acids is 2. The number of nitrogens with zero attached hydrogens (tertiary/aromatic N) is 3. The lowest BCUT2D eigenvalue weighted by atomic mass is 9.94. The van der Waals surface area contributed by atoms with Crippen LogP contribution < -0.4 is 0 Å². The van der Waals surface area contributed by atoms with Crippen LogP contribution in [-0.2, 0) is 4.79 Å². The smallest absolute Gasteiger partial charge is 0.273 e. The van der Waals surface area contributed by atoms with Gasteiger partial charge in [-0.05, 0) is 25.5 Å². The lowest BCUT2D eigenvalue weighted by Crippen LogP contribution is -2.48. The molecule has 3 saturated heterocycles. The van der Waals surface area contributed by atoms with Crippen molar-refractivity contribution in [3.63, 3.8) is 0 Å². The average molecular weight is 339 g/mol. The second-order valence-electron chi connectivity index (χ2n) is 5.87. The standard InChI is InChI=1S/C15H21N3O2S2/c1-3-6-18-11-5-4-10(13(18)19)7-17(8-11)14(20)12-9-22-15(16-12)21-2/h9-11H,3-8H2,1-2H3. The van der Waals surface area contributed by atoms with Crippen LogP contribution in [0, 0.1) is 5.92 Å². The van der Waals surface area contributed by atoms with Gasteiger partial charge in [0.05, 0.1) is 5.92 Å². The van der Waals surface area contributed by atoms with Crippen LogP contribution >= 0.6 is 23.1 Å². The Bertz CT molecular complexity index is 575. The first-order valence-corrected chi connectivity index (χ1v) is 9.83. The van der Waals surface area contributed by atoms with Gasteiger partial charge < -0.3 is 9.80 Å². The minimum Gasteiger partial charge on any atom is -0.338 e. The van der Waals surface area contributed by atoms with E-state index in [1.807, 2.05) is 21.4 Å². The van der Waals surface area contributed by atoms with Gasteiger partial charge in [-0.1, -0.05) is 18.7 Å². The van der Waals surface area contributed by atoms with Crippen molar-refractivity contribution >= 4 is 34.9 Å². The number of thiazole rings is 1. The maximum absolute atomic E-state index is 12.7. The molecule has 1 aromatic heterocycles. The first kappa shape index (κ1) is 15.8. The number of hydrogen-bond donors (Lipinski definition) is 0. The van der Waals surface area contributed by atoms with Crippen molar-refractivity contribution in [3.8, 4) is 0 Å². The zero-order valence-corrected chi connectivity index (χ0v) is 14.6. The summed E-state index contributed by atoms with van der Waals surface area (Å²) >= 11 is 3.05. The van der Waals surface area contributed by atoms with Crippen LogP contribution in [0.15, 0.2) is 9.72 Å². The summed E-state index contributed by atoms with van der Waals surface area (Å²) in [7, 11) is 0. The van der Waals surface area contributed by atoms with E-state index in [9.17, 15) is 9.59 Å². The number of amides is 2. The minimum absolute atomic E-state index is 0.0281. The molecule has 3 aliphatic rings. The molecule has 2 atom stereocenters. The van der Waals surface area contributed by atoms with Gasteiger partial charge in [0.15, 0.2) is 0 Å². The van der Waals surface area contributed by atoms with Gasteiger partial charge in [-0.15, -0.1) is 11.3 Å². The summed E-state index contributed by atoms with van der Waals surface area (Å²) in [5.74, 6) is 0.170. The molecule has 7 heteroatoms. The Morgan fingerprint density at radius 3 is 2.95 bits per heavy atom. The molecule has 2 unspecified atom stereocenters. The van der Waals surface area contributed by atoms with Crippen LogP contribution in [0.2, 0.25) is 0 Å². The largest absolute Gasteiger partial charge is 0.338 e. The summed E-state index contributed by atoms with van der Waals surface area (Å²) in [6.45, 7) is 4.08. The minimum atomic E-state index is -0.0343. The lowest BCUT2D eigenvalue weighted by molar-refractivity contribution is -0.139. The van der Waals surface area contributed by atoms with E-state index in [2.05, 4.69) is 11.9 Å². The van der Waals surface area contributed by atoms with E-state index in [1.165, 1.54) is 11.3 Å². The second-order valence-corrected chi connectivity index (χ2v) is 7.78. The monoisotopic (exact) mass is 339 g/mol. The molecule has 0 radical (unpaired) electrons. The molecule has 2 bridgehead atoms. The zero-order chi connectivity index (χ0) is 15.7. The molecule has 0 aromatic carbocycles. The molecule has 4 rings (SSSR count). The Balaban J connectivity index is 1.79. The highest BCUT2D eigenvalue weighted by atomic mass is 32.2. The van der Waals surface area contributed by atoms with Crippen molar-refractivity contribution in [1.29, 1.82) is 0 Å². The van der Waals surface area contributed by atoms with Crippen molar-refractivity contribution in [2.24, 2.45) is 5.92 Å². The summed E-state index contributed by atoms with van der Waals surface area (Å²) in [6.07, 6.45) is 4.83. The van der Waals surface area contributed by atoms with Gasteiger partial charge in [-0.25, -0.2) is 4.98 Å². The topological polar surface area (TPSA) is 53.5 Å². The van der Waals surface area contributed by atoms with Crippen molar-refractivity contribution < 1.29 is 9.59 Å². The van der Waals surface area contributed by atoms with Crippen molar-refractivity contribution in [2.45, 2.75) is 36.6 Å². The quantitative estimate of drug-likeness (QED) is 0.790. The summed E-state index contributed by atoms with van der Waals surface area (Å²) in [5.41, 5.74) is 0.519. The molecule has 1 aromatic rings. The highest BCUT2D eigenvalue weighted by Crippen LogP contribution is 2.30. The summed E-state index contributed by atoms with van der Waals surface area (Å²) in [5, 5.41) is 1.83. The van der Waals surface area contributed by atoms with Crippen LogP contribution in [0.3, 0.4) is 0 Å². The van der Waals surface area contributed by atoms with Crippen molar-refractivity contribution in [1.82, 2.24) is 14.8 Å². The fourth-order valence-electron chi connectivity index (χ4n) is 3.35. The predicted octanol–water partition coefficient (Wildman–Crippen LogP) is 2.34. The van der Waals surface area contributed by atoms with Crippen LogP contribution in [0.5, 0.6) is 0 Å². The van der Waals surface area contributed by atoms with E-state index < -0.39 is 0 Å². The molecule has 0 saturated carbocycles. The van der Waals surface area contributed by atoms with Crippen LogP contribution in [-0.4, -0.2) is 58.5 Å². The molecule has 120 valence electrons. The fourth-order valence-corrected chi connectivity index (χ4v) is 4.59. The molecule has 2 amide bonds. The predicted molar refractivity (Wildman–Crippen MR) is 88.3 cm³/mol. The van der Waals surface area contributed by atoms with Crippen LogP contribution in [0.25, 0.3) is 0 Å². The molecular weight excluding hydrogens is 318 g/mol. The number of aromatic nitrogens is 1. The molecule has 22 heavy (non-hydrogen) atoms. The summed E-state index contributed by atoms with van der Waals surface area (Å²) in [4.78, 5) is 33.4. The number of thioether (sulfide) groups is 1. The SMILES string of the molecule is CCCN1C(=O)C2CCC1CN(C(=O)c1csc(SC)n1)C2. The lowest BCUT2D eigenvalue weighted by Gasteiger charge is -2.35. The number of hydrogen-bond acceptors (Lipinski definition) is 5. The normalized spacial score (nSPS) is 24.7. The van der Waals surface area contributed by atoms with Gasteiger partial charge in [-0.3, -0.25) is 9.59 Å². The molecule has 0 N–H and O–H groups in total. The Morgan fingerprint density at radius 2 is 2.27 bits per heavy atom. The summed E-state index contributed by atoms with van der Waals surface area (Å²) < 4.78 is 0.907. The van der Waals surface area contributed by atoms with Gasteiger partial charge in [-0.2, -0.15) is 0 Å². The fraction of sp³-hybridized carbons (Fsp3) is 0.667. The molecule has 3 fully saturated rings. The third-order valence-electron chi connectivity index (χ3n) is 4.42. The van der Waals surface area contributed by atoms with E-state index in [0.717, 1.165) is 30.1 Å². The Hall–Kier alpha value is -1.08. The molecular formula is C15H21N3O2S2. The van der Waals surface area contributed by atoms with E-state index in [4.69, 9.17) is 0 Å². The zero-order valence-electron chi connectivity index (χ0n) is 12.9. The van der Waals surface area contributed by atoms with Gasteiger partial charge in [0, 0.05) is 31.1 Å². The molecule has 4 heterocycles. The molecule has 0 aliphatic carbocycles. The first-order chi connectivity index (χ1) is 10.6. The first-order valence-electron chi connectivity index (χ1n) is 7.73. The third-order valence-corrected chi connectivity index (χ3v) is 6.29. The van der Waals surface area contributed by atoms with Gasteiger partial charge in [0.1, 0.15) is 10.0 Å². The molecule has 5 nitrogen and oxygen atoms in total. The Kier molecular flexibility index (Phi) is 4.73. The van der Waals surface area contributed by atoms with Gasteiger partial charge in [0.2, 0.25) is 5.91 Å². The van der Waals surface area contributed by atoms with E-state index >= 15 is 0 Å². The number of fused-ring (bicyclic) bond motifs is 4. The van der Waals surface area contributed by atoms with Crippen LogP contribution in [0.4, 0.5) is 0 Å². The average Bonchev–Trinajstić information content (AvgIpc) is 2.85. The number of piperidine rings is 1. The highest BCUT2D eigenvalue weighted by Gasteiger charge is 2.41. The third kappa shape index (κ3) is 2.88. The van der Waals surface area contributed by atoms with Crippen molar-refractivity contribution in [3.05, 3.63) is 11.1 Å². The van der Waals surface area contributed by atoms with Gasteiger partial charge >= 0.3 is 0 Å². The Labute approximate surface area is 139 Å². The maximum atomic E-state index is 12.7. The second kappa shape index (κ2) is 6.58. The van der Waals surface area contributed by atoms with E-state index in [1.54, 1.807) is 11.8 Å². The molecule has 3 aliphatic heterocycles. The number of rotatable bonds is 4. The van der Waals surface area contributed by atoms with E-state index in [0.29, 0.717) is 18.8 Å². The Morgan fingerprint density at radius 1 is 1.45 bits per heavy atom. The summed E-state index contributed by atoms with van der Waals surface area (Å²) in [6, 6.07) is 0.175. The maximum Gasteiger partial charge on any atom is 0.273 e. The van der Waals surface area contributed by atoms with E-state index in [-0.39, 0.29) is 23.8 Å².